The monoisotopic (exact) mass is 310 g/mol. The van der Waals surface area contributed by atoms with Crippen molar-refractivity contribution in [2.24, 2.45) is 0 Å². The minimum Gasteiger partial charge on any atom is -0.399 e. The van der Waals surface area contributed by atoms with Crippen LogP contribution in [0.4, 0.5) is 0 Å². The van der Waals surface area contributed by atoms with E-state index in [2.05, 4.69) is 15.9 Å². The number of rotatable bonds is 2. The molecule has 18 heavy (non-hydrogen) atoms. The van der Waals surface area contributed by atoms with Crippen molar-refractivity contribution in [2.75, 3.05) is 0 Å². The molecule has 0 unspecified atom stereocenters. The Bertz CT molecular complexity index is 469. The van der Waals surface area contributed by atoms with Crippen LogP contribution in [0.25, 0.3) is 0 Å². The largest absolute Gasteiger partial charge is 0.494 e. The molecular formula is C13H16BBrO3. The first-order valence-corrected chi connectivity index (χ1v) is 6.66. The predicted molar refractivity (Wildman–Crippen MR) is 75.2 cm³/mol. The van der Waals surface area contributed by atoms with E-state index in [0.29, 0.717) is 5.56 Å². The highest BCUT2D eigenvalue weighted by atomic mass is 79.9. The van der Waals surface area contributed by atoms with Gasteiger partial charge >= 0.3 is 7.12 Å². The minimum atomic E-state index is -0.429. The zero-order valence-corrected chi connectivity index (χ0v) is 12.6. The third-order valence-electron chi connectivity index (χ3n) is 3.67. The normalized spacial score (nSPS) is 21.1. The van der Waals surface area contributed by atoms with Crippen LogP contribution in [0.15, 0.2) is 22.7 Å². The van der Waals surface area contributed by atoms with Crippen LogP contribution in [0.5, 0.6) is 0 Å². The highest BCUT2D eigenvalue weighted by Gasteiger charge is 2.51. The summed E-state index contributed by atoms with van der Waals surface area (Å²) in [6, 6.07) is 5.53. The van der Waals surface area contributed by atoms with Crippen molar-refractivity contribution in [2.45, 2.75) is 38.9 Å². The summed E-state index contributed by atoms with van der Waals surface area (Å²) >= 11 is 3.33. The molecule has 0 radical (unpaired) electrons. The molecule has 2 rings (SSSR count). The van der Waals surface area contributed by atoms with Crippen molar-refractivity contribution < 1.29 is 14.1 Å². The molecule has 0 aliphatic carbocycles. The maximum atomic E-state index is 10.9. The number of hydrogen-bond donors (Lipinski definition) is 0. The molecule has 0 amide bonds. The van der Waals surface area contributed by atoms with Gasteiger partial charge in [0.25, 0.3) is 0 Å². The summed E-state index contributed by atoms with van der Waals surface area (Å²) in [6.07, 6.45) is 0.818. The molecule has 96 valence electrons. The number of carbonyl (C=O) groups is 1. The van der Waals surface area contributed by atoms with E-state index in [4.69, 9.17) is 9.31 Å². The van der Waals surface area contributed by atoms with Gasteiger partial charge in [0.05, 0.1) is 11.2 Å². The molecule has 0 spiro atoms. The second-order valence-corrected chi connectivity index (χ2v) is 6.34. The van der Waals surface area contributed by atoms with Crippen LogP contribution >= 0.6 is 15.9 Å². The molecule has 0 aromatic heterocycles. The van der Waals surface area contributed by atoms with Gasteiger partial charge in [-0.1, -0.05) is 28.1 Å². The molecule has 1 aromatic rings. The average molecular weight is 311 g/mol. The molecule has 0 N–H and O–H groups in total. The lowest BCUT2D eigenvalue weighted by molar-refractivity contribution is 0.00578. The first-order valence-electron chi connectivity index (χ1n) is 5.87. The molecule has 0 bridgehead atoms. The Morgan fingerprint density at radius 1 is 1.17 bits per heavy atom. The molecule has 0 saturated carbocycles. The molecule has 1 aliphatic heterocycles. The summed E-state index contributed by atoms with van der Waals surface area (Å²) in [4.78, 5) is 10.9. The van der Waals surface area contributed by atoms with Gasteiger partial charge in [-0.25, -0.2) is 0 Å². The molecule has 0 atom stereocenters. The van der Waals surface area contributed by atoms with Crippen LogP contribution in [-0.4, -0.2) is 24.6 Å². The predicted octanol–water partition coefficient (Wildman–Crippen LogP) is 2.56. The lowest BCUT2D eigenvalue weighted by atomic mass is 9.78. The van der Waals surface area contributed by atoms with Gasteiger partial charge in [-0.3, -0.25) is 4.79 Å². The molecule has 1 saturated heterocycles. The fraction of sp³-hybridized carbons (Fsp3) is 0.462. The fourth-order valence-corrected chi connectivity index (χ4v) is 2.12. The lowest BCUT2D eigenvalue weighted by Gasteiger charge is -2.32. The van der Waals surface area contributed by atoms with E-state index in [1.807, 2.05) is 39.8 Å². The van der Waals surface area contributed by atoms with Crippen LogP contribution in [-0.2, 0) is 9.31 Å². The number of benzene rings is 1. The van der Waals surface area contributed by atoms with Crippen LogP contribution in [0, 0.1) is 0 Å². The van der Waals surface area contributed by atoms with E-state index in [1.54, 1.807) is 6.07 Å². The zero-order chi connectivity index (χ0) is 13.6. The van der Waals surface area contributed by atoms with E-state index in [0.717, 1.165) is 16.2 Å². The Labute approximate surface area is 116 Å². The van der Waals surface area contributed by atoms with E-state index in [-0.39, 0.29) is 11.2 Å². The topological polar surface area (TPSA) is 35.5 Å². The van der Waals surface area contributed by atoms with Crippen molar-refractivity contribution >= 4 is 34.8 Å². The molecule has 1 aromatic carbocycles. The summed E-state index contributed by atoms with van der Waals surface area (Å²) < 4.78 is 12.6. The first-order chi connectivity index (χ1) is 8.27. The van der Waals surface area contributed by atoms with Gasteiger partial charge in [0, 0.05) is 10.0 Å². The maximum absolute atomic E-state index is 10.9. The molecule has 1 heterocycles. The second-order valence-electron chi connectivity index (χ2n) is 5.49. The third kappa shape index (κ3) is 2.27. The van der Waals surface area contributed by atoms with E-state index in [1.165, 1.54) is 0 Å². The summed E-state index contributed by atoms with van der Waals surface area (Å²) in [5.74, 6) is 0. The van der Waals surface area contributed by atoms with Crippen molar-refractivity contribution in [3.05, 3.63) is 28.2 Å². The fourth-order valence-electron chi connectivity index (χ4n) is 1.78. The van der Waals surface area contributed by atoms with Gasteiger partial charge in [-0.2, -0.15) is 0 Å². The SMILES string of the molecule is CC1(C)OB(c2ccc(Br)c(C=O)c2)OC1(C)C. The number of aldehydes is 1. The lowest BCUT2D eigenvalue weighted by Crippen LogP contribution is -2.41. The van der Waals surface area contributed by atoms with Crippen LogP contribution < -0.4 is 5.46 Å². The quantitative estimate of drug-likeness (QED) is 0.622. The number of hydrogen-bond acceptors (Lipinski definition) is 3. The molecule has 5 heteroatoms. The van der Waals surface area contributed by atoms with Crippen molar-refractivity contribution in [3.8, 4) is 0 Å². The van der Waals surface area contributed by atoms with Crippen LogP contribution in [0.1, 0.15) is 38.1 Å². The van der Waals surface area contributed by atoms with Crippen molar-refractivity contribution in [3.63, 3.8) is 0 Å². The van der Waals surface area contributed by atoms with E-state index >= 15 is 0 Å². The second kappa shape index (κ2) is 4.47. The van der Waals surface area contributed by atoms with Gasteiger partial charge < -0.3 is 9.31 Å². The molecule has 1 aliphatic rings. The summed E-state index contributed by atoms with van der Waals surface area (Å²) in [5.41, 5.74) is 0.721. The third-order valence-corrected chi connectivity index (χ3v) is 4.39. The van der Waals surface area contributed by atoms with E-state index in [9.17, 15) is 4.79 Å². The summed E-state index contributed by atoms with van der Waals surface area (Å²) in [7, 11) is -0.429. The van der Waals surface area contributed by atoms with Crippen LogP contribution in [0.3, 0.4) is 0 Å². The maximum Gasteiger partial charge on any atom is 0.494 e. The molecule has 1 fully saturated rings. The van der Waals surface area contributed by atoms with Gasteiger partial charge in [0.2, 0.25) is 0 Å². The smallest absolute Gasteiger partial charge is 0.399 e. The zero-order valence-electron chi connectivity index (χ0n) is 11.0. The Hall–Kier alpha value is -0.645. The van der Waals surface area contributed by atoms with Crippen molar-refractivity contribution in [1.29, 1.82) is 0 Å². The standard InChI is InChI=1S/C13H16BBrO3/c1-12(2)13(3,4)18-14(17-12)10-5-6-11(15)9(7-10)8-16/h5-8H,1-4H3. The Balaban J connectivity index is 2.32. The van der Waals surface area contributed by atoms with E-state index < -0.39 is 7.12 Å². The highest BCUT2D eigenvalue weighted by Crippen LogP contribution is 2.36. The molecule has 3 nitrogen and oxygen atoms in total. The summed E-state index contributed by atoms with van der Waals surface area (Å²) in [6.45, 7) is 8.03. The van der Waals surface area contributed by atoms with Gasteiger partial charge in [-0.15, -0.1) is 0 Å². The summed E-state index contributed by atoms with van der Waals surface area (Å²) in [5, 5.41) is 0. The molecular weight excluding hydrogens is 295 g/mol. The number of carbonyl (C=O) groups excluding carboxylic acids is 1. The Kier molecular flexibility index (Phi) is 3.43. The van der Waals surface area contributed by atoms with Gasteiger partial charge in [0.1, 0.15) is 0 Å². The number of halogens is 1. The first kappa shape index (κ1) is 13.8. The van der Waals surface area contributed by atoms with Crippen molar-refractivity contribution in [1.82, 2.24) is 0 Å². The van der Waals surface area contributed by atoms with Crippen LogP contribution in [0.2, 0.25) is 0 Å². The van der Waals surface area contributed by atoms with Gasteiger partial charge in [0.15, 0.2) is 6.29 Å². The Morgan fingerprint density at radius 3 is 2.22 bits per heavy atom. The highest BCUT2D eigenvalue weighted by molar-refractivity contribution is 9.10. The van der Waals surface area contributed by atoms with Gasteiger partial charge in [-0.05, 0) is 39.2 Å². The minimum absolute atomic E-state index is 0.369. The average Bonchev–Trinajstić information content (AvgIpc) is 2.49. The Morgan fingerprint density at radius 2 is 1.72 bits per heavy atom.